The van der Waals surface area contributed by atoms with Crippen molar-refractivity contribution in [3.05, 3.63) is 46.7 Å². The van der Waals surface area contributed by atoms with Gasteiger partial charge in [-0.25, -0.2) is 4.39 Å². The third kappa shape index (κ3) is 5.68. The van der Waals surface area contributed by atoms with E-state index in [0.29, 0.717) is 55.4 Å². The van der Waals surface area contributed by atoms with Crippen LogP contribution >= 0.6 is 24.0 Å². The molecule has 164 valence electrons. The zero-order chi connectivity index (χ0) is 20.8. The summed E-state index contributed by atoms with van der Waals surface area (Å²) in [6, 6.07) is 8.01. The molecule has 9 heteroatoms. The average molecular weight is 459 g/mol. The molecule has 0 aliphatic carbocycles. The highest BCUT2D eigenvalue weighted by atomic mass is 35.5. The van der Waals surface area contributed by atoms with Gasteiger partial charge in [-0.3, -0.25) is 4.79 Å². The predicted octanol–water partition coefficient (Wildman–Crippen LogP) is 4.64. The van der Waals surface area contributed by atoms with Crippen LogP contribution in [-0.4, -0.2) is 32.2 Å². The summed E-state index contributed by atoms with van der Waals surface area (Å²) in [5, 5.41) is 6.10. The third-order valence-corrected chi connectivity index (χ3v) is 4.89. The first kappa shape index (κ1) is 24.1. The van der Waals surface area contributed by atoms with Gasteiger partial charge in [0.05, 0.1) is 5.02 Å². The summed E-state index contributed by atoms with van der Waals surface area (Å²) >= 11 is 6.23. The van der Waals surface area contributed by atoms with Gasteiger partial charge in [-0.05, 0) is 31.5 Å². The molecule has 0 saturated carbocycles. The van der Waals surface area contributed by atoms with Gasteiger partial charge >= 0.3 is 0 Å². The molecule has 0 saturated heterocycles. The second-order valence-corrected chi connectivity index (χ2v) is 7.15. The number of ether oxygens (including phenoxy) is 3. The summed E-state index contributed by atoms with van der Waals surface area (Å²) < 4.78 is 32.1. The van der Waals surface area contributed by atoms with Crippen LogP contribution in [0, 0.1) is 5.82 Å². The van der Waals surface area contributed by atoms with Crippen molar-refractivity contribution >= 4 is 30.4 Å². The Labute approximate surface area is 186 Å². The number of hydrogen-bond donors (Lipinski definition) is 2. The van der Waals surface area contributed by atoms with Gasteiger partial charge in [-0.1, -0.05) is 24.6 Å². The molecule has 0 aromatic heterocycles. The Morgan fingerprint density at radius 3 is 2.67 bits per heavy atom. The first-order chi connectivity index (χ1) is 14.0. The minimum Gasteiger partial charge on any atom is -0.486 e. The van der Waals surface area contributed by atoms with Crippen molar-refractivity contribution in [3.8, 4) is 23.0 Å². The van der Waals surface area contributed by atoms with Crippen molar-refractivity contribution in [2.45, 2.75) is 32.4 Å². The zero-order valence-corrected chi connectivity index (χ0v) is 18.3. The number of rotatable bonds is 9. The molecule has 1 aliphatic heterocycles. The van der Waals surface area contributed by atoms with Crippen LogP contribution in [0.1, 0.15) is 31.9 Å². The number of nitrogens with one attached hydrogen (secondary N) is 2. The molecule has 2 aromatic carbocycles. The number of fused-ring (bicyclic) bond motifs is 1. The van der Waals surface area contributed by atoms with Gasteiger partial charge in [0.2, 0.25) is 6.41 Å². The van der Waals surface area contributed by atoms with E-state index >= 15 is 4.39 Å². The second kappa shape index (κ2) is 11.2. The lowest BCUT2D eigenvalue weighted by molar-refractivity contribution is -0.109. The molecule has 0 radical (unpaired) electrons. The van der Waals surface area contributed by atoms with Crippen molar-refractivity contribution in [1.82, 2.24) is 10.6 Å². The van der Waals surface area contributed by atoms with Gasteiger partial charge in [0.15, 0.2) is 23.1 Å². The molecular formula is C21H25Cl2FN2O4. The molecule has 1 aliphatic rings. The summed E-state index contributed by atoms with van der Waals surface area (Å²) in [6.07, 6.45) is 1.29. The zero-order valence-electron chi connectivity index (χ0n) is 16.7. The lowest BCUT2D eigenvalue weighted by Gasteiger charge is -2.24. The Kier molecular flexibility index (Phi) is 9.02. The van der Waals surface area contributed by atoms with E-state index in [4.69, 9.17) is 25.8 Å². The van der Waals surface area contributed by atoms with Gasteiger partial charge in [0, 0.05) is 30.3 Å². The van der Waals surface area contributed by atoms with Crippen molar-refractivity contribution in [2.75, 3.05) is 19.8 Å². The van der Waals surface area contributed by atoms with E-state index in [-0.39, 0.29) is 35.3 Å². The van der Waals surface area contributed by atoms with Crippen molar-refractivity contribution in [1.29, 1.82) is 0 Å². The summed E-state index contributed by atoms with van der Waals surface area (Å²) in [6.45, 7) is 5.24. The van der Waals surface area contributed by atoms with E-state index in [0.717, 1.165) is 0 Å². The lowest BCUT2D eigenvalue weighted by Crippen LogP contribution is -2.38. The van der Waals surface area contributed by atoms with Crippen LogP contribution in [0.3, 0.4) is 0 Å². The van der Waals surface area contributed by atoms with E-state index in [1.54, 1.807) is 30.3 Å². The molecule has 1 heterocycles. The summed E-state index contributed by atoms with van der Waals surface area (Å²) in [5.74, 6) is 1.00. The molecule has 30 heavy (non-hydrogen) atoms. The molecule has 1 amide bonds. The van der Waals surface area contributed by atoms with E-state index in [1.165, 1.54) is 0 Å². The maximum Gasteiger partial charge on any atom is 0.207 e. The quantitative estimate of drug-likeness (QED) is 0.535. The number of benzene rings is 2. The van der Waals surface area contributed by atoms with Gasteiger partial charge in [-0.2, -0.15) is 0 Å². The van der Waals surface area contributed by atoms with E-state index in [9.17, 15) is 4.79 Å². The molecular weight excluding hydrogens is 434 g/mol. The topological polar surface area (TPSA) is 68.8 Å². The highest BCUT2D eigenvalue weighted by Gasteiger charge is 2.22. The van der Waals surface area contributed by atoms with Crippen LogP contribution in [0.15, 0.2) is 30.3 Å². The van der Waals surface area contributed by atoms with Crippen molar-refractivity contribution in [2.24, 2.45) is 0 Å². The predicted molar refractivity (Wildman–Crippen MR) is 116 cm³/mol. The van der Waals surface area contributed by atoms with Crippen molar-refractivity contribution < 1.29 is 23.4 Å². The molecule has 6 nitrogen and oxygen atoms in total. The van der Waals surface area contributed by atoms with Gasteiger partial charge in [-0.15, -0.1) is 12.4 Å². The standard InChI is InChI=1S/C21H24ClFN2O4.ClH/c1-3-17(25-13(2)11-24-12-26)15-5-6-16(22)21(20(15)23)29-14-4-7-18-19(10-14)28-9-8-27-18;/h4-7,10,12-13,17,25H,3,8-9,11H2,1-2H3,(H,24,26);1H/t13-,17+;/m0./s1. The molecule has 2 aromatic rings. The minimum atomic E-state index is -0.526. The summed E-state index contributed by atoms with van der Waals surface area (Å²) in [4.78, 5) is 10.5. The highest BCUT2D eigenvalue weighted by Crippen LogP contribution is 2.39. The number of hydrogen-bond acceptors (Lipinski definition) is 5. The molecule has 2 atom stereocenters. The van der Waals surface area contributed by atoms with Crippen molar-refractivity contribution in [3.63, 3.8) is 0 Å². The number of carbonyl (C=O) groups excluding carboxylic acids is 1. The molecule has 0 spiro atoms. The lowest BCUT2D eigenvalue weighted by atomic mass is 10.0. The maximum atomic E-state index is 15.3. The smallest absolute Gasteiger partial charge is 0.207 e. The Bertz CT molecular complexity index is 869. The van der Waals surface area contributed by atoms with Crippen LogP contribution in [0.25, 0.3) is 0 Å². The molecule has 2 N–H and O–H groups in total. The van der Waals surface area contributed by atoms with Crippen LogP contribution in [0.4, 0.5) is 4.39 Å². The largest absolute Gasteiger partial charge is 0.486 e. The Morgan fingerprint density at radius 2 is 1.97 bits per heavy atom. The highest BCUT2D eigenvalue weighted by molar-refractivity contribution is 6.32. The van der Waals surface area contributed by atoms with Gasteiger partial charge in [0.25, 0.3) is 0 Å². The fourth-order valence-electron chi connectivity index (χ4n) is 3.17. The van der Waals surface area contributed by atoms with E-state index in [2.05, 4.69) is 10.6 Å². The number of halogens is 3. The molecule has 0 bridgehead atoms. The fraction of sp³-hybridized carbons (Fsp3) is 0.381. The Morgan fingerprint density at radius 1 is 1.23 bits per heavy atom. The average Bonchev–Trinajstić information content (AvgIpc) is 2.73. The Balaban J connectivity index is 0.00000320. The van der Waals surface area contributed by atoms with Gasteiger partial charge < -0.3 is 24.8 Å². The summed E-state index contributed by atoms with van der Waals surface area (Å²) in [7, 11) is 0. The monoisotopic (exact) mass is 458 g/mol. The minimum absolute atomic E-state index is 0. The SMILES string of the molecule is CC[C@@H](N[C@@H](C)CNC=O)c1ccc(Cl)c(Oc2ccc3c(c2)OCCO3)c1F.Cl. The van der Waals surface area contributed by atoms with Gasteiger partial charge in [0.1, 0.15) is 19.0 Å². The number of amides is 1. The number of carbonyl (C=O) groups is 1. The first-order valence-electron chi connectivity index (χ1n) is 9.52. The van der Waals surface area contributed by atoms with Crippen LogP contribution in [0.2, 0.25) is 5.02 Å². The fourth-order valence-corrected chi connectivity index (χ4v) is 3.35. The second-order valence-electron chi connectivity index (χ2n) is 6.74. The first-order valence-corrected chi connectivity index (χ1v) is 9.89. The third-order valence-electron chi connectivity index (χ3n) is 4.59. The van der Waals surface area contributed by atoms with Crippen LogP contribution < -0.4 is 24.8 Å². The molecule has 0 fully saturated rings. The van der Waals surface area contributed by atoms with E-state index < -0.39 is 5.82 Å². The molecule has 0 unspecified atom stereocenters. The normalized spacial score (nSPS) is 14.3. The van der Waals surface area contributed by atoms with Crippen LogP contribution in [-0.2, 0) is 4.79 Å². The molecule has 3 rings (SSSR count). The van der Waals surface area contributed by atoms with E-state index in [1.807, 2.05) is 13.8 Å². The van der Waals surface area contributed by atoms with Crippen LogP contribution in [0.5, 0.6) is 23.0 Å². The summed E-state index contributed by atoms with van der Waals surface area (Å²) in [5.41, 5.74) is 0.447. The maximum absolute atomic E-state index is 15.3. The Hall–Kier alpha value is -2.22.